The Morgan fingerprint density at radius 3 is 2.37 bits per heavy atom. The molecule has 4 rings (SSSR count). The minimum absolute atomic E-state index is 0.113. The Hall–Kier alpha value is -4.10. The molecule has 0 aliphatic carbocycles. The predicted molar refractivity (Wildman–Crippen MR) is 122 cm³/mol. The molecule has 1 amide bonds. The largest absolute Gasteiger partial charge is 0.457 e. The van der Waals surface area contributed by atoms with Crippen LogP contribution < -0.4 is 10.1 Å². The van der Waals surface area contributed by atoms with Gasteiger partial charge in [0.15, 0.2) is 6.04 Å². The lowest BCUT2D eigenvalue weighted by Crippen LogP contribution is -2.39. The summed E-state index contributed by atoms with van der Waals surface area (Å²) in [5.74, 6) is 0.686. The van der Waals surface area contributed by atoms with Gasteiger partial charge >= 0.3 is 6.18 Å². The first-order valence-electron chi connectivity index (χ1n) is 10.3. The predicted octanol–water partition coefficient (Wildman–Crippen LogP) is 5.78. The van der Waals surface area contributed by atoms with Crippen molar-refractivity contribution in [2.45, 2.75) is 25.2 Å². The van der Waals surface area contributed by atoms with E-state index in [1.165, 1.54) is 13.0 Å². The molecule has 0 saturated carbocycles. The van der Waals surface area contributed by atoms with Crippen molar-refractivity contribution in [2.24, 2.45) is 0 Å². The fourth-order valence-electron chi connectivity index (χ4n) is 3.37. The van der Waals surface area contributed by atoms with Crippen LogP contribution in [0.4, 0.5) is 13.2 Å². The van der Waals surface area contributed by atoms with Gasteiger partial charge in [0, 0.05) is 10.6 Å². The summed E-state index contributed by atoms with van der Waals surface area (Å²) in [6.07, 6.45) is -4.71. The van der Waals surface area contributed by atoms with Crippen LogP contribution in [0.5, 0.6) is 11.5 Å². The summed E-state index contributed by atoms with van der Waals surface area (Å²) in [7, 11) is 0. The number of halogens is 4. The summed E-state index contributed by atoms with van der Waals surface area (Å²) in [6, 6.07) is 17.4. The van der Waals surface area contributed by atoms with Crippen LogP contribution in [0.15, 0.2) is 66.7 Å². The second kappa shape index (κ2) is 9.64. The van der Waals surface area contributed by atoms with Crippen molar-refractivity contribution in [3.8, 4) is 17.6 Å². The highest BCUT2D eigenvalue weighted by molar-refractivity contribution is 6.31. The number of carbonyl (C=O) groups excluding carboxylic acids is 1. The van der Waals surface area contributed by atoms with Crippen molar-refractivity contribution in [1.82, 2.24) is 20.3 Å². The fraction of sp³-hybridized carbons (Fsp3) is 0.167. The third-order valence-electron chi connectivity index (χ3n) is 5.08. The molecular weight excluding hydrogens is 483 g/mol. The van der Waals surface area contributed by atoms with Gasteiger partial charge in [-0.3, -0.25) is 4.79 Å². The van der Waals surface area contributed by atoms with Crippen molar-refractivity contribution in [3.63, 3.8) is 0 Å². The van der Waals surface area contributed by atoms with Crippen LogP contribution in [0.3, 0.4) is 0 Å². The molecule has 0 aliphatic rings. The number of ether oxygens (including phenoxy) is 1. The average molecular weight is 500 g/mol. The molecular formula is C24H17ClF3N5O2. The fourth-order valence-corrected chi connectivity index (χ4v) is 3.59. The number of benzene rings is 3. The molecule has 2 atom stereocenters. The zero-order chi connectivity index (χ0) is 25.2. The summed E-state index contributed by atoms with van der Waals surface area (Å²) < 4.78 is 45.9. The van der Waals surface area contributed by atoms with Gasteiger partial charge in [-0.05, 0) is 55.5 Å². The molecule has 0 bridgehead atoms. The van der Waals surface area contributed by atoms with E-state index in [2.05, 4.69) is 15.5 Å². The molecule has 0 fully saturated rings. The van der Waals surface area contributed by atoms with Crippen LogP contribution in [0.2, 0.25) is 5.02 Å². The Morgan fingerprint density at radius 2 is 1.74 bits per heavy atom. The number of alkyl halides is 3. The first kappa shape index (κ1) is 24.0. The van der Waals surface area contributed by atoms with E-state index in [4.69, 9.17) is 16.3 Å². The first-order chi connectivity index (χ1) is 16.7. The van der Waals surface area contributed by atoms with Crippen molar-refractivity contribution in [2.75, 3.05) is 0 Å². The van der Waals surface area contributed by atoms with Crippen LogP contribution >= 0.6 is 11.6 Å². The number of amides is 1. The summed E-state index contributed by atoms with van der Waals surface area (Å²) >= 11 is 5.80. The number of para-hydroxylation sites is 1. The van der Waals surface area contributed by atoms with Crippen LogP contribution in [0.1, 0.15) is 28.9 Å². The van der Waals surface area contributed by atoms with E-state index in [0.29, 0.717) is 17.1 Å². The Morgan fingerprint density at radius 1 is 1.09 bits per heavy atom. The highest BCUT2D eigenvalue weighted by Crippen LogP contribution is 2.36. The molecule has 0 spiro atoms. The Balaban J connectivity index is 1.50. The highest BCUT2D eigenvalue weighted by Gasteiger charge is 2.35. The first-order valence-corrected chi connectivity index (χ1v) is 10.7. The van der Waals surface area contributed by atoms with E-state index in [1.54, 1.807) is 36.4 Å². The number of rotatable bonds is 6. The summed E-state index contributed by atoms with van der Waals surface area (Å²) in [6.45, 7) is 1.53. The molecule has 4 aromatic rings. The lowest BCUT2D eigenvalue weighted by Gasteiger charge is -2.18. The number of carbonyl (C=O) groups is 1. The number of aromatic nitrogens is 3. The Bertz CT molecular complexity index is 1400. The zero-order valence-corrected chi connectivity index (χ0v) is 18.9. The number of nitrogens with one attached hydrogen (secondary N) is 1. The van der Waals surface area contributed by atoms with Gasteiger partial charge in [0.2, 0.25) is 0 Å². The topological polar surface area (TPSA) is 92.8 Å². The van der Waals surface area contributed by atoms with Crippen LogP contribution in [0.25, 0.3) is 11.0 Å². The van der Waals surface area contributed by atoms with E-state index < -0.39 is 35.2 Å². The summed E-state index contributed by atoms with van der Waals surface area (Å²) in [5, 5.41) is 20.0. The quantitative estimate of drug-likeness (QED) is 0.363. The Labute approximate surface area is 202 Å². The summed E-state index contributed by atoms with van der Waals surface area (Å²) in [5.41, 5.74) is -1.30. The normalized spacial score (nSPS) is 13.1. The zero-order valence-electron chi connectivity index (χ0n) is 18.1. The third-order valence-corrected chi connectivity index (χ3v) is 5.30. The minimum Gasteiger partial charge on any atom is -0.457 e. The molecule has 11 heteroatoms. The number of hydrogen-bond acceptors (Lipinski definition) is 5. The minimum atomic E-state index is -4.71. The van der Waals surface area contributed by atoms with Gasteiger partial charge in [-0.2, -0.15) is 33.4 Å². The molecule has 0 saturated heterocycles. The monoisotopic (exact) mass is 499 g/mol. The lowest BCUT2D eigenvalue weighted by molar-refractivity contribution is -0.136. The van der Waals surface area contributed by atoms with Crippen LogP contribution in [0, 0.1) is 11.3 Å². The van der Waals surface area contributed by atoms with Crippen molar-refractivity contribution in [3.05, 3.63) is 82.9 Å². The maximum atomic E-state index is 13.4. The van der Waals surface area contributed by atoms with Gasteiger partial charge in [-0.15, -0.1) is 0 Å². The van der Waals surface area contributed by atoms with Gasteiger partial charge in [-0.1, -0.05) is 29.8 Å². The van der Waals surface area contributed by atoms with Gasteiger partial charge < -0.3 is 10.1 Å². The van der Waals surface area contributed by atoms with Gasteiger partial charge in [-0.25, -0.2) is 0 Å². The standard InChI is InChI=1S/C24H17ClF3N5O2/c1-14(30-23(34)15-7-9-18(10-8-15)35-17-5-3-2-4-6-17)21(13-29)33-31-20-12-16(25)11-19(22(20)32-33)24(26,27)28/h2-12,14,21H,1H3,(H,30,34)/t14?,21-/m1/s1. The number of hydrogen-bond donors (Lipinski definition) is 1. The van der Waals surface area contributed by atoms with Crippen molar-refractivity contribution in [1.29, 1.82) is 5.26 Å². The number of nitrogens with zero attached hydrogens (tertiary/aromatic N) is 4. The van der Waals surface area contributed by atoms with Gasteiger partial charge in [0.1, 0.15) is 22.5 Å². The maximum Gasteiger partial charge on any atom is 0.418 e. The highest BCUT2D eigenvalue weighted by atomic mass is 35.5. The molecule has 7 nitrogen and oxygen atoms in total. The smallest absolute Gasteiger partial charge is 0.418 e. The third kappa shape index (κ3) is 5.36. The molecule has 35 heavy (non-hydrogen) atoms. The summed E-state index contributed by atoms with van der Waals surface area (Å²) in [4.78, 5) is 13.6. The number of fused-ring (bicyclic) bond motifs is 1. The molecule has 1 N–H and O–H groups in total. The maximum absolute atomic E-state index is 13.4. The van der Waals surface area contributed by atoms with E-state index >= 15 is 0 Å². The van der Waals surface area contributed by atoms with E-state index in [0.717, 1.165) is 10.9 Å². The Kier molecular flexibility index (Phi) is 6.62. The second-order valence-electron chi connectivity index (χ2n) is 7.61. The molecule has 0 aliphatic heterocycles. The number of nitriles is 1. The average Bonchev–Trinajstić information content (AvgIpc) is 3.22. The molecule has 1 heterocycles. The SMILES string of the molecule is CC(NC(=O)c1ccc(Oc2ccccc2)cc1)[C@@H](C#N)n1nc2cc(Cl)cc(C(F)(F)F)c2n1. The molecule has 1 unspecified atom stereocenters. The molecule has 1 aromatic heterocycles. The van der Waals surface area contributed by atoms with Crippen LogP contribution in [-0.2, 0) is 6.18 Å². The van der Waals surface area contributed by atoms with Gasteiger partial charge in [0.05, 0.1) is 17.7 Å². The van der Waals surface area contributed by atoms with Crippen molar-refractivity contribution < 1.29 is 22.7 Å². The molecule has 3 aromatic carbocycles. The lowest BCUT2D eigenvalue weighted by atomic mass is 10.1. The molecule has 178 valence electrons. The molecule has 0 radical (unpaired) electrons. The van der Waals surface area contributed by atoms with E-state index in [1.807, 2.05) is 24.3 Å². The second-order valence-corrected chi connectivity index (χ2v) is 8.05. The van der Waals surface area contributed by atoms with E-state index in [-0.39, 0.29) is 10.5 Å². The van der Waals surface area contributed by atoms with E-state index in [9.17, 15) is 23.2 Å². The van der Waals surface area contributed by atoms with Crippen molar-refractivity contribution >= 4 is 28.5 Å². The van der Waals surface area contributed by atoms with Crippen LogP contribution in [-0.4, -0.2) is 26.9 Å². The van der Waals surface area contributed by atoms with Gasteiger partial charge in [0.25, 0.3) is 5.91 Å².